The van der Waals surface area contributed by atoms with Crippen LogP contribution < -0.4 is 15.7 Å². The third kappa shape index (κ3) is 6.44. The molecule has 0 saturated carbocycles. The summed E-state index contributed by atoms with van der Waals surface area (Å²) in [6.45, 7) is 3.82. The highest BCUT2D eigenvalue weighted by atomic mass is 16.6. The number of carbonyl (C=O) groups excluding carboxylic acids is 2. The predicted octanol–water partition coefficient (Wildman–Crippen LogP) is 6.16. The molecule has 37 heavy (non-hydrogen) atoms. The van der Waals surface area contributed by atoms with Crippen molar-refractivity contribution in [3.8, 4) is 16.9 Å². The summed E-state index contributed by atoms with van der Waals surface area (Å²) in [6, 6.07) is 22.8. The summed E-state index contributed by atoms with van der Waals surface area (Å²) in [5.41, 5.74) is 2.81. The molecule has 0 saturated heterocycles. The minimum atomic E-state index is -0.888. The molecular formula is C30H29NO6. The Morgan fingerprint density at radius 3 is 2.38 bits per heavy atom. The monoisotopic (exact) mass is 499 g/mol. The zero-order valence-electron chi connectivity index (χ0n) is 20.9. The van der Waals surface area contributed by atoms with Crippen molar-refractivity contribution in [2.45, 2.75) is 45.8 Å². The maximum Gasteiger partial charge on any atom is 0.408 e. The fourth-order valence-corrected chi connectivity index (χ4v) is 4.05. The standard InChI is InChI=1S/C30H29NO6/c1-3-4-15-25(31-30(34)35-19-21-11-7-5-8-12-21)29(33)36-26-17-16-23-24(22-13-9-6-10-14-22)18-27(32)37-28(23)20(26)2/h5-14,16-18,25H,3-4,15,19H2,1-2H3,(H,31,34). The fraction of sp³-hybridized carbons (Fsp3) is 0.233. The van der Waals surface area contributed by atoms with Gasteiger partial charge in [-0.2, -0.15) is 0 Å². The molecule has 0 aliphatic rings. The zero-order chi connectivity index (χ0) is 26.2. The molecule has 190 valence electrons. The van der Waals surface area contributed by atoms with Gasteiger partial charge in [0.25, 0.3) is 0 Å². The Labute approximate surface area is 215 Å². The lowest BCUT2D eigenvalue weighted by Crippen LogP contribution is -2.43. The number of amides is 1. The summed E-state index contributed by atoms with van der Waals surface area (Å²) in [5, 5.41) is 3.36. The van der Waals surface area contributed by atoms with Gasteiger partial charge in [0.05, 0.1) is 0 Å². The van der Waals surface area contributed by atoms with E-state index in [1.54, 1.807) is 19.1 Å². The second-order valence-electron chi connectivity index (χ2n) is 8.73. The van der Waals surface area contributed by atoms with E-state index in [9.17, 15) is 14.4 Å². The Morgan fingerprint density at radius 2 is 1.68 bits per heavy atom. The van der Waals surface area contributed by atoms with Crippen LogP contribution in [-0.2, 0) is 16.1 Å². The maximum atomic E-state index is 13.1. The number of hydrogen-bond donors (Lipinski definition) is 1. The molecule has 3 aromatic carbocycles. The van der Waals surface area contributed by atoms with Gasteiger partial charge in [-0.1, -0.05) is 80.4 Å². The molecule has 1 N–H and O–H groups in total. The molecule has 0 aliphatic carbocycles. The fourth-order valence-electron chi connectivity index (χ4n) is 4.05. The zero-order valence-corrected chi connectivity index (χ0v) is 20.9. The Balaban J connectivity index is 1.53. The number of unbranched alkanes of at least 4 members (excludes halogenated alkanes) is 1. The van der Waals surface area contributed by atoms with Crippen LogP contribution in [0.4, 0.5) is 4.79 Å². The summed E-state index contributed by atoms with van der Waals surface area (Å²) < 4.78 is 16.5. The summed E-state index contributed by atoms with van der Waals surface area (Å²) in [5.74, 6) is -0.360. The lowest BCUT2D eigenvalue weighted by Gasteiger charge is -2.18. The van der Waals surface area contributed by atoms with Crippen LogP contribution in [0.15, 0.2) is 88.1 Å². The first-order chi connectivity index (χ1) is 18.0. The summed E-state index contributed by atoms with van der Waals surface area (Å²) in [7, 11) is 0. The van der Waals surface area contributed by atoms with E-state index in [0.29, 0.717) is 24.0 Å². The van der Waals surface area contributed by atoms with Crippen LogP contribution in [-0.4, -0.2) is 18.1 Å². The third-order valence-corrected chi connectivity index (χ3v) is 6.04. The molecule has 7 nitrogen and oxygen atoms in total. The smallest absolute Gasteiger partial charge is 0.408 e. The molecule has 0 bridgehead atoms. The van der Waals surface area contributed by atoms with Gasteiger partial charge in [0.15, 0.2) is 0 Å². The van der Waals surface area contributed by atoms with Crippen LogP contribution in [0.5, 0.6) is 5.75 Å². The number of fused-ring (bicyclic) bond motifs is 1. The van der Waals surface area contributed by atoms with E-state index < -0.39 is 23.7 Å². The normalized spacial score (nSPS) is 11.6. The first-order valence-electron chi connectivity index (χ1n) is 12.3. The summed E-state index contributed by atoms with van der Waals surface area (Å²) in [4.78, 5) is 37.8. The van der Waals surface area contributed by atoms with E-state index in [-0.39, 0.29) is 12.4 Å². The van der Waals surface area contributed by atoms with Crippen LogP contribution in [0.1, 0.15) is 37.3 Å². The molecule has 0 aliphatic heterocycles. The summed E-state index contributed by atoms with van der Waals surface area (Å²) in [6.07, 6.45) is 1.25. The van der Waals surface area contributed by atoms with Crippen molar-refractivity contribution in [2.75, 3.05) is 0 Å². The lowest BCUT2D eigenvalue weighted by molar-refractivity contribution is -0.136. The molecule has 1 atom stereocenters. The number of hydrogen-bond acceptors (Lipinski definition) is 6. The van der Waals surface area contributed by atoms with Gasteiger partial charge in [-0.3, -0.25) is 0 Å². The molecule has 0 radical (unpaired) electrons. The van der Waals surface area contributed by atoms with Gasteiger partial charge in [-0.25, -0.2) is 14.4 Å². The second kappa shape index (κ2) is 12.0. The van der Waals surface area contributed by atoms with Gasteiger partial charge < -0.3 is 19.2 Å². The van der Waals surface area contributed by atoms with Crippen molar-refractivity contribution >= 4 is 23.0 Å². The molecule has 1 aromatic heterocycles. The van der Waals surface area contributed by atoms with Crippen molar-refractivity contribution < 1.29 is 23.5 Å². The van der Waals surface area contributed by atoms with Gasteiger partial charge in [0, 0.05) is 17.0 Å². The van der Waals surface area contributed by atoms with E-state index in [1.807, 2.05) is 67.6 Å². The van der Waals surface area contributed by atoms with Crippen LogP contribution in [0.25, 0.3) is 22.1 Å². The van der Waals surface area contributed by atoms with Crippen LogP contribution >= 0.6 is 0 Å². The van der Waals surface area contributed by atoms with E-state index in [2.05, 4.69) is 5.32 Å². The SMILES string of the molecule is CCCCC(NC(=O)OCc1ccccc1)C(=O)Oc1ccc2c(-c3ccccc3)cc(=O)oc2c1C. The number of aryl methyl sites for hydroxylation is 1. The van der Waals surface area contributed by atoms with Gasteiger partial charge in [0.2, 0.25) is 0 Å². The molecule has 1 heterocycles. The number of alkyl carbamates (subject to hydrolysis) is 1. The Hall–Kier alpha value is -4.39. The van der Waals surface area contributed by atoms with Crippen molar-refractivity contribution in [3.05, 3.63) is 100 Å². The number of nitrogens with one attached hydrogen (secondary N) is 1. The Bertz CT molecular complexity index is 1430. The van der Waals surface area contributed by atoms with Crippen molar-refractivity contribution in [1.29, 1.82) is 0 Å². The second-order valence-corrected chi connectivity index (χ2v) is 8.73. The number of esters is 1. The van der Waals surface area contributed by atoms with Gasteiger partial charge in [-0.15, -0.1) is 0 Å². The third-order valence-electron chi connectivity index (χ3n) is 6.04. The maximum absolute atomic E-state index is 13.1. The highest BCUT2D eigenvalue weighted by molar-refractivity contribution is 5.96. The molecular weight excluding hydrogens is 470 g/mol. The molecule has 1 unspecified atom stereocenters. The molecule has 0 spiro atoms. The number of benzene rings is 3. The first-order valence-corrected chi connectivity index (χ1v) is 12.3. The molecule has 4 rings (SSSR count). The highest BCUT2D eigenvalue weighted by Gasteiger charge is 2.24. The number of ether oxygens (including phenoxy) is 2. The van der Waals surface area contributed by atoms with E-state index in [1.165, 1.54) is 6.07 Å². The average molecular weight is 500 g/mol. The van der Waals surface area contributed by atoms with Gasteiger partial charge in [-0.05, 0) is 42.2 Å². The molecule has 0 fully saturated rings. The molecule has 7 heteroatoms. The highest BCUT2D eigenvalue weighted by Crippen LogP contribution is 2.33. The predicted molar refractivity (Wildman–Crippen MR) is 141 cm³/mol. The van der Waals surface area contributed by atoms with Crippen molar-refractivity contribution in [1.82, 2.24) is 5.32 Å². The minimum absolute atomic E-state index is 0.0920. The Kier molecular flexibility index (Phi) is 8.36. The van der Waals surface area contributed by atoms with Crippen LogP contribution in [0.2, 0.25) is 0 Å². The summed E-state index contributed by atoms with van der Waals surface area (Å²) >= 11 is 0. The number of rotatable bonds is 9. The lowest BCUT2D eigenvalue weighted by atomic mass is 10.00. The van der Waals surface area contributed by atoms with E-state index >= 15 is 0 Å². The quantitative estimate of drug-likeness (QED) is 0.168. The van der Waals surface area contributed by atoms with E-state index in [0.717, 1.165) is 28.5 Å². The Morgan fingerprint density at radius 1 is 0.973 bits per heavy atom. The van der Waals surface area contributed by atoms with Crippen LogP contribution in [0, 0.1) is 6.92 Å². The van der Waals surface area contributed by atoms with Crippen LogP contribution in [0.3, 0.4) is 0 Å². The largest absolute Gasteiger partial charge is 0.445 e. The first kappa shape index (κ1) is 25.7. The van der Waals surface area contributed by atoms with Gasteiger partial charge in [0.1, 0.15) is 24.0 Å². The van der Waals surface area contributed by atoms with Crippen molar-refractivity contribution in [2.24, 2.45) is 0 Å². The van der Waals surface area contributed by atoms with Gasteiger partial charge >= 0.3 is 17.7 Å². The topological polar surface area (TPSA) is 94.8 Å². The van der Waals surface area contributed by atoms with Crippen molar-refractivity contribution in [3.63, 3.8) is 0 Å². The molecule has 1 amide bonds. The minimum Gasteiger partial charge on any atom is -0.445 e. The number of carbonyl (C=O) groups is 2. The molecule has 4 aromatic rings. The van der Waals surface area contributed by atoms with E-state index in [4.69, 9.17) is 13.9 Å². The average Bonchev–Trinajstić information content (AvgIpc) is 2.92.